The summed E-state index contributed by atoms with van der Waals surface area (Å²) in [6, 6.07) is 6.69. The standard InChI is InChI=1S/C48H63F2N6O6S2/c1-29(2)64(30(3)4,31(5)6)19-16-37-38(50)15-13-33-20-36(60-28-58-10)21-39(40(33)37)61-45-51-41-42(54-23-32-12-14-35(26-54)56(24-32)46(57)62-47(7,8)9)52-44(53-43(41)63-45)59-27-48-17-11-18-55(48)25-34(49)22-48/h13,15,20-21,23,29-32,34-35H,11-12,14,17-18,22,24-28H2,1-10H3/q+1/t32?,34-,35?,48+/m1/s1. The van der Waals surface area contributed by atoms with E-state index in [2.05, 4.69) is 68.4 Å². The van der Waals surface area contributed by atoms with Gasteiger partial charge in [0.1, 0.15) is 42.2 Å². The molecule has 0 radical (unpaired) electrons. The minimum atomic E-state index is -1.50. The van der Waals surface area contributed by atoms with E-state index in [-0.39, 0.29) is 48.2 Å². The summed E-state index contributed by atoms with van der Waals surface area (Å²) in [6.07, 6.45) is 4.82. The Morgan fingerprint density at radius 2 is 1.81 bits per heavy atom. The van der Waals surface area contributed by atoms with E-state index >= 15 is 4.39 Å². The number of piperidine rings is 1. The molecule has 0 saturated carbocycles. The molecule has 64 heavy (non-hydrogen) atoms. The van der Waals surface area contributed by atoms with E-state index in [1.165, 1.54) is 17.4 Å². The number of halogens is 2. The number of methoxy groups -OCH3 is 1. The number of benzene rings is 2. The van der Waals surface area contributed by atoms with Crippen molar-refractivity contribution in [3.63, 3.8) is 0 Å². The molecule has 2 bridgehead atoms. The van der Waals surface area contributed by atoms with Crippen LogP contribution in [0.25, 0.3) is 21.1 Å². The number of rotatable bonds is 12. The van der Waals surface area contributed by atoms with Crippen molar-refractivity contribution in [1.29, 1.82) is 0 Å². The smallest absolute Gasteiger partial charge is 0.435 e. The number of amides is 1. The Labute approximate surface area is 381 Å². The molecule has 2 aromatic carbocycles. The fourth-order valence-electron chi connectivity index (χ4n) is 10.3. The molecule has 2 aromatic heterocycles. The topological polar surface area (TPSA) is 111 Å². The molecule has 7 heterocycles. The van der Waals surface area contributed by atoms with Crippen LogP contribution in [0, 0.1) is 22.9 Å². The van der Waals surface area contributed by atoms with Crippen molar-refractivity contribution in [2.75, 3.05) is 46.7 Å². The number of alkyl halides is 1. The lowest BCUT2D eigenvalue weighted by atomic mass is 9.95. The molecule has 0 aliphatic carbocycles. The van der Waals surface area contributed by atoms with Crippen molar-refractivity contribution in [2.24, 2.45) is 5.92 Å². The first-order valence-corrected chi connectivity index (χ1v) is 25.2. The van der Waals surface area contributed by atoms with Crippen LogP contribution in [-0.2, 0) is 9.47 Å². The van der Waals surface area contributed by atoms with E-state index in [1.54, 1.807) is 19.2 Å². The minimum absolute atomic E-state index is 0.00454. The van der Waals surface area contributed by atoms with Gasteiger partial charge in [0.05, 0.1) is 23.4 Å². The van der Waals surface area contributed by atoms with Gasteiger partial charge in [-0.2, -0.15) is 20.0 Å². The van der Waals surface area contributed by atoms with Gasteiger partial charge in [-0.3, -0.25) is 4.90 Å². The summed E-state index contributed by atoms with van der Waals surface area (Å²) < 4.78 is 63.3. The van der Waals surface area contributed by atoms with Crippen LogP contribution in [0.1, 0.15) is 100.0 Å². The van der Waals surface area contributed by atoms with Gasteiger partial charge in [0, 0.05) is 49.0 Å². The first-order valence-electron chi connectivity index (χ1n) is 22.6. The van der Waals surface area contributed by atoms with Gasteiger partial charge in [0.2, 0.25) is 0 Å². The number of nitrogens with zero attached hydrogens (tertiary/aromatic N) is 6. The molecule has 5 aliphatic rings. The molecule has 0 N–H and O–H groups in total. The molecule has 3 fully saturated rings. The molecular weight excluding hydrogens is 859 g/mol. The monoisotopic (exact) mass is 921 g/mol. The van der Waals surface area contributed by atoms with E-state index in [4.69, 9.17) is 38.6 Å². The molecule has 346 valence electrons. The summed E-state index contributed by atoms with van der Waals surface area (Å²) in [7, 11) is 0.0404. The Hall–Kier alpha value is -4.30. The highest BCUT2D eigenvalue weighted by Crippen LogP contribution is 2.59. The summed E-state index contributed by atoms with van der Waals surface area (Å²) in [4.78, 5) is 33.0. The Bertz CT molecular complexity index is 2480. The number of hydrogen-bond acceptors (Lipinski definition) is 11. The zero-order chi connectivity index (χ0) is 45.7. The summed E-state index contributed by atoms with van der Waals surface area (Å²) in [5.74, 6) is 4.23. The summed E-state index contributed by atoms with van der Waals surface area (Å²) in [5, 5.41) is 5.96. The molecule has 0 spiro atoms. The highest BCUT2D eigenvalue weighted by molar-refractivity contribution is 8.38. The summed E-state index contributed by atoms with van der Waals surface area (Å²) in [6.45, 7) is 21.3. The van der Waals surface area contributed by atoms with Crippen LogP contribution in [0.2, 0.25) is 0 Å². The van der Waals surface area contributed by atoms with E-state index in [0.29, 0.717) is 80.2 Å². The third kappa shape index (κ3) is 9.11. The maximum absolute atomic E-state index is 16.2. The predicted octanol–water partition coefficient (Wildman–Crippen LogP) is 10.2. The molecule has 12 nitrogen and oxygen atoms in total. The second-order valence-corrected chi connectivity index (χ2v) is 25.0. The van der Waals surface area contributed by atoms with Crippen LogP contribution >= 0.6 is 21.4 Å². The van der Waals surface area contributed by atoms with Gasteiger partial charge in [0.25, 0.3) is 5.19 Å². The molecule has 16 heteroatoms. The maximum Gasteiger partial charge on any atom is 0.435 e. The fraction of sp³-hybridized carbons (Fsp3) is 0.604. The number of hydrogen-bond donors (Lipinski definition) is 0. The van der Waals surface area contributed by atoms with Gasteiger partial charge in [-0.25, -0.2) is 18.2 Å². The third-order valence-electron chi connectivity index (χ3n) is 13.1. The van der Waals surface area contributed by atoms with Gasteiger partial charge < -0.3 is 28.6 Å². The lowest BCUT2D eigenvalue weighted by Gasteiger charge is -2.46. The average Bonchev–Trinajstić information content (AvgIpc) is 3.80. The van der Waals surface area contributed by atoms with Crippen LogP contribution in [0.3, 0.4) is 0 Å². The Balaban J connectivity index is 1.23. The average molecular weight is 922 g/mol. The number of thiazole rings is 1. The molecule has 2 unspecified atom stereocenters. The minimum Gasteiger partial charge on any atom is -0.467 e. The Kier molecular flexibility index (Phi) is 13.1. The first-order chi connectivity index (χ1) is 30.4. The predicted molar refractivity (Wildman–Crippen MR) is 250 cm³/mol. The highest BCUT2D eigenvalue weighted by atomic mass is 32.3. The number of ether oxygens (including phenoxy) is 5. The third-order valence-corrected chi connectivity index (χ3v) is 19.1. The molecule has 9 rings (SSSR count). The molecule has 1 amide bonds. The van der Waals surface area contributed by atoms with Gasteiger partial charge in [-0.15, -0.1) is 0 Å². The van der Waals surface area contributed by atoms with E-state index in [0.717, 1.165) is 32.2 Å². The molecule has 3 saturated heterocycles. The zero-order valence-corrected chi connectivity index (χ0v) is 40.5. The van der Waals surface area contributed by atoms with Crippen molar-refractivity contribution in [3.8, 4) is 33.9 Å². The molecular formula is C48H63F2N6O6S2+. The highest BCUT2D eigenvalue weighted by Gasteiger charge is 2.50. The Morgan fingerprint density at radius 1 is 1.05 bits per heavy atom. The molecule has 4 aromatic rings. The number of aromatic nitrogens is 3. The summed E-state index contributed by atoms with van der Waals surface area (Å²) >= 11 is 1.22. The SMILES string of the molecule is COCOc1cc(Oc2nc3c([N+]4=CC5CCC(C4)N(C(=O)OC(C)(C)C)C5)nc(OC[C@@]45CCCN4C[C@H](F)C5)nc3s2)c2c(C#CS(C(C)C)(C(C)C)C(C)C)c(F)ccc2c1. The van der Waals surface area contributed by atoms with E-state index in [1.807, 2.05) is 31.7 Å². The number of carbonyl (C=O) groups is 1. The Morgan fingerprint density at radius 3 is 2.53 bits per heavy atom. The van der Waals surface area contributed by atoms with Crippen molar-refractivity contribution in [1.82, 2.24) is 24.8 Å². The number of fused-ring (bicyclic) bond motifs is 6. The maximum atomic E-state index is 16.2. The summed E-state index contributed by atoms with van der Waals surface area (Å²) in [5.41, 5.74) is -0.310. The quantitative estimate of drug-likeness (QED) is 0.0774. The normalized spacial score (nSPS) is 22.8. The largest absolute Gasteiger partial charge is 0.467 e. The van der Waals surface area contributed by atoms with Crippen LogP contribution in [0.5, 0.6) is 22.7 Å². The van der Waals surface area contributed by atoms with E-state index < -0.39 is 33.2 Å². The van der Waals surface area contributed by atoms with Crippen molar-refractivity contribution in [2.45, 2.75) is 134 Å². The molecule has 5 aliphatic heterocycles. The zero-order valence-electron chi connectivity index (χ0n) is 38.8. The van der Waals surface area contributed by atoms with Gasteiger partial charge in [-0.05, 0) is 91.5 Å². The van der Waals surface area contributed by atoms with Gasteiger partial charge in [0.15, 0.2) is 17.1 Å². The van der Waals surface area contributed by atoms with Gasteiger partial charge >= 0.3 is 17.9 Å². The lowest BCUT2D eigenvalue weighted by Crippen LogP contribution is -2.49. The molecule has 4 atom stereocenters. The van der Waals surface area contributed by atoms with E-state index in [9.17, 15) is 9.18 Å². The van der Waals surface area contributed by atoms with Gasteiger partial charge in [-0.1, -0.05) is 64.9 Å². The lowest BCUT2D eigenvalue weighted by molar-refractivity contribution is -0.443. The van der Waals surface area contributed by atoms with Crippen molar-refractivity contribution in [3.05, 3.63) is 35.6 Å². The van der Waals surface area contributed by atoms with Crippen LogP contribution in [0.15, 0.2) is 24.3 Å². The van der Waals surface area contributed by atoms with Crippen molar-refractivity contribution >= 4 is 60.6 Å². The van der Waals surface area contributed by atoms with Crippen LogP contribution in [-0.4, -0.2) is 127 Å². The second kappa shape index (κ2) is 18.2. The van der Waals surface area contributed by atoms with Crippen molar-refractivity contribution < 1.29 is 41.8 Å². The fourth-order valence-corrected chi connectivity index (χ4v) is 15.4. The first kappa shape index (κ1) is 46.2. The van der Waals surface area contributed by atoms with Crippen LogP contribution in [0.4, 0.5) is 19.4 Å². The van der Waals surface area contributed by atoms with Crippen LogP contribution < -0.4 is 14.2 Å². The number of carbonyl (C=O) groups excluding carboxylic acids is 1. The second-order valence-electron chi connectivity index (χ2n) is 19.5.